The molecule has 10 nitrogen and oxygen atoms in total. The molecule has 0 unspecified atom stereocenters. The molecule has 0 atom stereocenters. The number of fused-ring (bicyclic) bond motifs is 1. The van der Waals surface area contributed by atoms with Crippen LogP contribution < -0.4 is 15.0 Å². The van der Waals surface area contributed by atoms with E-state index in [-0.39, 0.29) is 11.9 Å². The van der Waals surface area contributed by atoms with Gasteiger partial charge in [0.2, 0.25) is 16.0 Å². The van der Waals surface area contributed by atoms with Crippen molar-refractivity contribution in [2.45, 2.75) is 45.8 Å². The van der Waals surface area contributed by atoms with Gasteiger partial charge in [-0.15, -0.1) is 0 Å². The van der Waals surface area contributed by atoms with E-state index in [4.69, 9.17) is 21.3 Å². The van der Waals surface area contributed by atoms with Crippen LogP contribution in [-0.2, 0) is 10.0 Å². The van der Waals surface area contributed by atoms with E-state index in [0.29, 0.717) is 33.8 Å². The van der Waals surface area contributed by atoms with Crippen molar-refractivity contribution in [2.75, 3.05) is 62.3 Å². The van der Waals surface area contributed by atoms with E-state index in [9.17, 15) is 8.42 Å². The second-order valence-corrected chi connectivity index (χ2v) is 14.7. The van der Waals surface area contributed by atoms with Gasteiger partial charge in [-0.2, -0.15) is 0 Å². The van der Waals surface area contributed by atoms with Crippen molar-refractivity contribution in [1.29, 1.82) is 0 Å². The number of hydrogen-bond donors (Lipinski definition) is 1. The molecular formula is C33H42ClN7O3S. The summed E-state index contributed by atoms with van der Waals surface area (Å²) in [5.74, 6) is 1.14. The standard InChI is InChI=1S/C33H42ClN7O3S/c1-5-45(42,43)41-22-27(26-8-6-7-9-29(26)41)32-28(34)21-35-33(37-32)36-24-10-11-30(31(20-24)44-23(2)3)40-14-12-25(13-15-40)39-18-16-38(4)17-19-39/h6-11,20-23,25H,5,12-19H2,1-4H3,(H,35,36,37). The predicted molar refractivity (Wildman–Crippen MR) is 183 cm³/mol. The zero-order valence-corrected chi connectivity index (χ0v) is 28.0. The maximum absolute atomic E-state index is 12.9. The van der Waals surface area contributed by atoms with E-state index in [0.717, 1.165) is 74.6 Å². The van der Waals surface area contributed by atoms with Crippen LogP contribution >= 0.6 is 11.6 Å². The molecular weight excluding hydrogens is 610 g/mol. The molecule has 1 N–H and O–H groups in total. The van der Waals surface area contributed by atoms with Gasteiger partial charge in [0.05, 0.1) is 40.0 Å². The molecule has 240 valence electrons. The summed E-state index contributed by atoms with van der Waals surface area (Å²) in [6, 6.07) is 14.1. The molecule has 0 amide bonds. The van der Waals surface area contributed by atoms with Crippen LogP contribution in [0.3, 0.4) is 0 Å². The molecule has 45 heavy (non-hydrogen) atoms. The lowest BCUT2D eigenvalue weighted by molar-refractivity contribution is 0.0981. The minimum atomic E-state index is -3.53. The average molecular weight is 652 g/mol. The number of aromatic nitrogens is 3. The van der Waals surface area contributed by atoms with Crippen molar-refractivity contribution < 1.29 is 13.2 Å². The third kappa shape index (κ3) is 6.77. The Bertz CT molecular complexity index is 1760. The highest BCUT2D eigenvalue weighted by molar-refractivity contribution is 7.90. The Labute approximate surface area is 271 Å². The number of anilines is 3. The first-order valence-electron chi connectivity index (χ1n) is 15.7. The van der Waals surface area contributed by atoms with Gasteiger partial charge in [-0.3, -0.25) is 4.90 Å². The third-order valence-electron chi connectivity index (χ3n) is 8.78. The second-order valence-electron chi connectivity index (χ2n) is 12.2. The van der Waals surface area contributed by atoms with E-state index in [1.165, 1.54) is 10.2 Å². The fraction of sp³-hybridized carbons (Fsp3) is 0.455. The highest BCUT2D eigenvalue weighted by atomic mass is 35.5. The summed E-state index contributed by atoms with van der Waals surface area (Å²) >= 11 is 6.60. The predicted octanol–water partition coefficient (Wildman–Crippen LogP) is 5.70. The van der Waals surface area contributed by atoms with E-state index in [2.05, 4.69) is 38.1 Å². The number of piperidine rings is 1. The van der Waals surface area contributed by atoms with E-state index < -0.39 is 10.0 Å². The molecule has 0 saturated carbocycles. The summed E-state index contributed by atoms with van der Waals surface area (Å²) in [4.78, 5) is 16.7. The lowest BCUT2D eigenvalue weighted by Crippen LogP contribution is -2.52. The monoisotopic (exact) mass is 651 g/mol. The summed E-state index contributed by atoms with van der Waals surface area (Å²) in [6.07, 6.45) is 5.43. The van der Waals surface area contributed by atoms with Crippen LogP contribution in [0.15, 0.2) is 54.9 Å². The van der Waals surface area contributed by atoms with Crippen LogP contribution in [0.2, 0.25) is 5.02 Å². The zero-order valence-electron chi connectivity index (χ0n) is 26.4. The van der Waals surface area contributed by atoms with Gasteiger partial charge in [-0.05, 0) is 58.9 Å². The number of nitrogens with one attached hydrogen (secondary N) is 1. The summed E-state index contributed by atoms with van der Waals surface area (Å²) in [6.45, 7) is 12.3. The SMILES string of the molecule is CCS(=O)(=O)n1cc(-c2nc(Nc3ccc(N4CCC(N5CCN(C)CC5)CC4)c(OC(C)C)c3)ncc2Cl)c2ccccc21. The van der Waals surface area contributed by atoms with Gasteiger partial charge >= 0.3 is 0 Å². The first-order chi connectivity index (χ1) is 21.6. The summed E-state index contributed by atoms with van der Waals surface area (Å²) in [7, 11) is -1.33. The van der Waals surface area contributed by atoms with Crippen LogP contribution in [0, 0.1) is 0 Å². The Hall–Kier alpha value is -3.38. The fourth-order valence-corrected chi connectivity index (χ4v) is 7.51. The lowest BCUT2D eigenvalue weighted by atomic mass is 10.0. The Balaban J connectivity index is 1.24. The molecule has 4 aromatic rings. The van der Waals surface area contributed by atoms with Crippen molar-refractivity contribution in [3.8, 4) is 17.0 Å². The zero-order chi connectivity index (χ0) is 31.7. The van der Waals surface area contributed by atoms with Gasteiger partial charge in [0.25, 0.3) is 0 Å². The first kappa shape index (κ1) is 31.6. The molecule has 2 aromatic heterocycles. The fourth-order valence-electron chi connectivity index (χ4n) is 6.31. The molecule has 2 aliphatic rings. The van der Waals surface area contributed by atoms with Gasteiger partial charge in [0, 0.05) is 74.2 Å². The van der Waals surface area contributed by atoms with E-state index >= 15 is 0 Å². The van der Waals surface area contributed by atoms with Crippen molar-refractivity contribution in [3.05, 3.63) is 59.9 Å². The Morgan fingerprint density at radius 2 is 1.78 bits per heavy atom. The van der Waals surface area contributed by atoms with Gasteiger partial charge < -0.3 is 19.9 Å². The third-order valence-corrected chi connectivity index (χ3v) is 10.7. The number of nitrogens with zero attached hydrogens (tertiary/aromatic N) is 6. The molecule has 4 heterocycles. The summed E-state index contributed by atoms with van der Waals surface area (Å²) in [5.41, 5.74) is 3.53. The number of para-hydroxylation sites is 1. The Morgan fingerprint density at radius 1 is 1.04 bits per heavy atom. The number of hydrogen-bond acceptors (Lipinski definition) is 9. The second kappa shape index (κ2) is 13.2. The molecule has 2 aromatic carbocycles. The summed E-state index contributed by atoms with van der Waals surface area (Å²) in [5, 5.41) is 4.39. The van der Waals surface area contributed by atoms with Crippen molar-refractivity contribution in [3.63, 3.8) is 0 Å². The van der Waals surface area contributed by atoms with Crippen molar-refractivity contribution >= 4 is 49.9 Å². The number of rotatable bonds is 9. The molecule has 6 rings (SSSR count). The molecule has 0 bridgehead atoms. The van der Waals surface area contributed by atoms with Gasteiger partial charge in [0.1, 0.15) is 5.75 Å². The number of halogens is 1. The Kier molecular flexibility index (Phi) is 9.24. The van der Waals surface area contributed by atoms with Crippen LogP contribution in [-0.4, -0.2) is 96.4 Å². The maximum Gasteiger partial charge on any atom is 0.238 e. The molecule has 0 radical (unpaired) electrons. The lowest BCUT2D eigenvalue weighted by Gasteiger charge is -2.42. The highest BCUT2D eigenvalue weighted by Gasteiger charge is 2.28. The molecule has 0 aliphatic carbocycles. The summed E-state index contributed by atoms with van der Waals surface area (Å²) < 4.78 is 33.4. The minimum absolute atomic E-state index is 0.0111. The number of ether oxygens (including phenoxy) is 1. The van der Waals surface area contributed by atoms with Crippen LogP contribution in [0.5, 0.6) is 5.75 Å². The first-order valence-corrected chi connectivity index (χ1v) is 17.7. The van der Waals surface area contributed by atoms with E-state index in [1.807, 2.05) is 44.2 Å². The van der Waals surface area contributed by atoms with E-state index in [1.54, 1.807) is 19.2 Å². The molecule has 2 saturated heterocycles. The van der Waals surface area contributed by atoms with Gasteiger partial charge in [-0.25, -0.2) is 22.4 Å². The van der Waals surface area contributed by atoms with Crippen LogP contribution in [0.4, 0.5) is 17.3 Å². The van der Waals surface area contributed by atoms with Crippen molar-refractivity contribution in [1.82, 2.24) is 23.7 Å². The smallest absolute Gasteiger partial charge is 0.238 e. The Morgan fingerprint density at radius 3 is 2.49 bits per heavy atom. The van der Waals surface area contributed by atoms with Gasteiger partial charge in [0.15, 0.2) is 0 Å². The highest BCUT2D eigenvalue weighted by Crippen LogP contribution is 2.37. The maximum atomic E-state index is 12.9. The van der Waals surface area contributed by atoms with Crippen molar-refractivity contribution in [2.24, 2.45) is 0 Å². The molecule has 2 aliphatic heterocycles. The van der Waals surface area contributed by atoms with Crippen LogP contribution in [0.25, 0.3) is 22.2 Å². The topological polar surface area (TPSA) is 95.8 Å². The molecule has 2 fully saturated rings. The number of piperazine rings is 1. The average Bonchev–Trinajstić information content (AvgIpc) is 3.43. The quantitative estimate of drug-likeness (QED) is 0.245. The minimum Gasteiger partial charge on any atom is -0.489 e. The molecule has 12 heteroatoms. The normalized spacial score (nSPS) is 17.3. The number of benzene rings is 2. The molecule has 0 spiro atoms. The van der Waals surface area contributed by atoms with Crippen LogP contribution in [0.1, 0.15) is 33.6 Å². The van der Waals surface area contributed by atoms with Gasteiger partial charge in [-0.1, -0.05) is 29.8 Å². The number of likely N-dealkylation sites (N-methyl/N-ethyl adjacent to an activating group) is 1. The largest absolute Gasteiger partial charge is 0.489 e.